The van der Waals surface area contributed by atoms with Crippen molar-refractivity contribution in [1.29, 1.82) is 0 Å². The van der Waals surface area contributed by atoms with Crippen molar-refractivity contribution in [3.05, 3.63) is 48.5 Å². The normalized spacial score (nSPS) is 11.1. The lowest BCUT2D eigenvalue weighted by Crippen LogP contribution is -2.02. The molecular weight excluding hydrogens is 552 g/mol. The van der Waals surface area contributed by atoms with E-state index in [0.29, 0.717) is 26.1 Å². The largest absolute Gasteiger partial charge is 0.492 e. The lowest BCUT2D eigenvalue weighted by Gasteiger charge is -2.18. The number of carbonyl (C=O) groups excluding carboxylic acids is 2. The first-order valence-electron chi connectivity index (χ1n) is 17.0. The maximum absolute atomic E-state index is 11.2. The Hall–Kier alpha value is -3.28. The summed E-state index contributed by atoms with van der Waals surface area (Å²) in [5.41, 5.74) is 0. The molecule has 3 rings (SSSR count). The number of hydrogen-bond donors (Lipinski definition) is 0. The van der Waals surface area contributed by atoms with Gasteiger partial charge in [0.2, 0.25) is 0 Å². The van der Waals surface area contributed by atoms with Crippen LogP contribution in [0.3, 0.4) is 0 Å². The van der Waals surface area contributed by atoms with Crippen LogP contribution in [-0.4, -0.2) is 39.4 Å². The van der Waals surface area contributed by atoms with Gasteiger partial charge in [0, 0.05) is 34.4 Å². The van der Waals surface area contributed by atoms with Gasteiger partial charge in [-0.1, -0.05) is 126 Å². The minimum Gasteiger partial charge on any atom is -0.492 e. The standard InChI is InChI=1S/C38H54O6/c1-41-35(39)27-15-11-7-3-5-9-13-21-29-43-37-31-23-17-19-25-33(31)38(34-26-20-18-24-32(34)37)44-30-22-14-10-6-4-8-12-16-28-36(40)42-2/h17-20,23-26H,3-16,21-22,27-30H2,1-2H3. The molecule has 3 aromatic rings. The molecule has 0 aromatic heterocycles. The molecule has 0 heterocycles. The molecule has 0 aliphatic rings. The fourth-order valence-electron chi connectivity index (χ4n) is 5.78. The number of unbranched alkanes of at least 4 members (excludes halogenated alkanes) is 14. The van der Waals surface area contributed by atoms with E-state index in [-0.39, 0.29) is 11.9 Å². The van der Waals surface area contributed by atoms with Gasteiger partial charge in [0.25, 0.3) is 0 Å². The van der Waals surface area contributed by atoms with Crippen molar-refractivity contribution in [1.82, 2.24) is 0 Å². The summed E-state index contributed by atoms with van der Waals surface area (Å²) in [4.78, 5) is 22.4. The van der Waals surface area contributed by atoms with Crippen molar-refractivity contribution in [2.75, 3.05) is 27.4 Å². The molecule has 44 heavy (non-hydrogen) atoms. The lowest BCUT2D eigenvalue weighted by molar-refractivity contribution is -0.141. The summed E-state index contributed by atoms with van der Waals surface area (Å²) in [5, 5.41) is 4.45. The van der Waals surface area contributed by atoms with Gasteiger partial charge in [-0.25, -0.2) is 0 Å². The van der Waals surface area contributed by atoms with E-state index in [2.05, 4.69) is 48.5 Å². The van der Waals surface area contributed by atoms with Crippen molar-refractivity contribution >= 4 is 33.5 Å². The topological polar surface area (TPSA) is 71.1 Å². The fraction of sp³-hybridized carbons (Fsp3) is 0.579. The van der Waals surface area contributed by atoms with Crippen molar-refractivity contribution in [2.45, 2.75) is 116 Å². The maximum Gasteiger partial charge on any atom is 0.305 e. The lowest BCUT2D eigenvalue weighted by atomic mass is 10.0. The molecule has 0 N–H and O–H groups in total. The average molecular weight is 607 g/mol. The second-order valence-electron chi connectivity index (χ2n) is 11.8. The van der Waals surface area contributed by atoms with E-state index in [1.807, 2.05) is 0 Å². The van der Waals surface area contributed by atoms with E-state index < -0.39 is 0 Å². The van der Waals surface area contributed by atoms with Crippen LogP contribution in [0.4, 0.5) is 0 Å². The number of hydrogen-bond acceptors (Lipinski definition) is 6. The SMILES string of the molecule is COC(=O)CCCCCCCCCCOc1c2ccccc2c(OCCCCCCCCCCC(=O)OC)c2ccccc12. The molecule has 0 saturated heterocycles. The summed E-state index contributed by atoms with van der Waals surface area (Å²) in [7, 11) is 2.90. The van der Waals surface area contributed by atoms with Crippen LogP contribution in [0.2, 0.25) is 0 Å². The van der Waals surface area contributed by atoms with Gasteiger partial charge in [0.05, 0.1) is 27.4 Å². The predicted octanol–water partition coefficient (Wildman–Crippen LogP) is 10.1. The molecule has 0 aliphatic carbocycles. The van der Waals surface area contributed by atoms with Crippen molar-refractivity contribution in [3.63, 3.8) is 0 Å². The Kier molecular flexibility index (Phi) is 17.1. The zero-order valence-electron chi connectivity index (χ0n) is 27.2. The number of fused-ring (bicyclic) bond motifs is 2. The molecule has 6 nitrogen and oxygen atoms in total. The third-order valence-corrected chi connectivity index (χ3v) is 8.33. The molecule has 0 bridgehead atoms. The minimum absolute atomic E-state index is 0.104. The molecule has 242 valence electrons. The molecule has 0 atom stereocenters. The Labute approximate surface area is 264 Å². The first-order valence-corrected chi connectivity index (χ1v) is 17.0. The number of methoxy groups -OCH3 is 2. The van der Waals surface area contributed by atoms with E-state index in [1.54, 1.807) is 0 Å². The highest BCUT2D eigenvalue weighted by molar-refractivity contribution is 6.11. The van der Waals surface area contributed by atoms with Crippen LogP contribution in [0.5, 0.6) is 11.5 Å². The summed E-state index contributed by atoms with van der Waals surface area (Å²) < 4.78 is 22.4. The summed E-state index contributed by atoms with van der Waals surface area (Å²) in [6.07, 6.45) is 19.2. The Morgan fingerprint density at radius 3 is 1.00 bits per heavy atom. The summed E-state index contributed by atoms with van der Waals surface area (Å²) in [5.74, 6) is 1.71. The fourth-order valence-corrected chi connectivity index (χ4v) is 5.78. The van der Waals surface area contributed by atoms with Crippen LogP contribution >= 0.6 is 0 Å². The molecule has 0 saturated carbocycles. The van der Waals surface area contributed by atoms with E-state index in [0.717, 1.165) is 84.4 Å². The third-order valence-electron chi connectivity index (χ3n) is 8.33. The molecule has 6 heteroatoms. The summed E-state index contributed by atoms with van der Waals surface area (Å²) in [6, 6.07) is 16.9. The van der Waals surface area contributed by atoms with Gasteiger partial charge in [0.1, 0.15) is 11.5 Å². The van der Waals surface area contributed by atoms with Crippen LogP contribution in [0.1, 0.15) is 116 Å². The third kappa shape index (κ3) is 12.4. The second kappa shape index (κ2) is 21.4. The number of rotatable bonds is 24. The molecule has 0 unspecified atom stereocenters. The molecule has 0 aliphatic heterocycles. The molecule has 0 spiro atoms. The zero-order chi connectivity index (χ0) is 31.2. The Balaban J connectivity index is 1.41. The van der Waals surface area contributed by atoms with Crippen molar-refractivity contribution in [3.8, 4) is 11.5 Å². The van der Waals surface area contributed by atoms with E-state index in [4.69, 9.17) is 18.9 Å². The number of benzene rings is 3. The number of esters is 2. The Morgan fingerprint density at radius 1 is 0.432 bits per heavy atom. The van der Waals surface area contributed by atoms with E-state index in [9.17, 15) is 9.59 Å². The molecule has 0 amide bonds. The van der Waals surface area contributed by atoms with Crippen LogP contribution in [0.25, 0.3) is 21.5 Å². The van der Waals surface area contributed by atoms with Crippen molar-refractivity contribution in [2.24, 2.45) is 0 Å². The average Bonchev–Trinajstić information content (AvgIpc) is 3.06. The quantitative estimate of drug-likeness (QED) is 0.0574. The van der Waals surface area contributed by atoms with Crippen LogP contribution in [0.15, 0.2) is 48.5 Å². The smallest absolute Gasteiger partial charge is 0.305 e. The monoisotopic (exact) mass is 606 g/mol. The highest BCUT2D eigenvalue weighted by atomic mass is 16.5. The van der Waals surface area contributed by atoms with Gasteiger partial charge < -0.3 is 18.9 Å². The van der Waals surface area contributed by atoms with Crippen LogP contribution in [-0.2, 0) is 19.1 Å². The Morgan fingerprint density at radius 2 is 0.705 bits per heavy atom. The minimum atomic E-state index is -0.104. The number of ether oxygens (including phenoxy) is 4. The maximum atomic E-state index is 11.2. The first-order chi connectivity index (χ1) is 21.7. The van der Waals surface area contributed by atoms with Gasteiger partial charge in [-0.05, 0) is 25.7 Å². The molecular formula is C38H54O6. The highest BCUT2D eigenvalue weighted by Gasteiger charge is 2.15. The van der Waals surface area contributed by atoms with Crippen LogP contribution in [0, 0.1) is 0 Å². The van der Waals surface area contributed by atoms with E-state index in [1.165, 1.54) is 65.6 Å². The van der Waals surface area contributed by atoms with Gasteiger partial charge in [0.15, 0.2) is 0 Å². The zero-order valence-corrected chi connectivity index (χ0v) is 27.2. The van der Waals surface area contributed by atoms with Crippen LogP contribution < -0.4 is 9.47 Å². The van der Waals surface area contributed by atoms with Crippen molar-refractivity contribution < 1.29 is 28.5 Å². The Bertz CT molecular complexity index is 1100. The summed E-state index contributed by atoms with van der Waals surface area (Å²) in [6.45, 7) is 1.41. The molecule has 3 aromatic carbocycles. The van der Waals surface area contributed by atoms with Gasteiger partial charge >= 0.3 is 11.9 Å². The van der Waals surface area contributed by atoms with Gasteiger partial charge in [-0.2, -0.15) is 0 Å². The molecule has 0 radical (unpaired) electrons. The van der Waals surface area contributed by atoms with Gasteiger partial charge in [-0.3, -0.25) is 9.59 Å². The first kappa shape index (κ1) is 35.2. The molecule has 0 fully saturated rings. The highest BCUT2D eigenvalue weighted by Crippen LogP contribution is 2.42. The predicted molar refractivity (Wildman–Crippen MR) is 180 cm³/mol. The summed E-state index contributed by atoms with van der Waals surface area (Å²) >= 11 is 0. The number of carbonyl (C=O) groups is 2. The second-order valence-corrected chi connectivity index (χ2v) is 11.8. The van der Waals surface area contributed by atoms with Gasteiger partial charge in [-0.15, -0.1) is 0 Å². The van der Waals surface area contributed by atoms with E-state index >= 15 is 0 Å².